The number of hydrogen-bond acceptors (Lipinski definition) is 3. The Morgan fingerprint density at radius 3 is 1.94 bits per heavy atom. The lowest BCUT2D eigenvalue weighted by atomic mass is 10.0. The predicted molar refractivity (Wildman–Crippen MR) is 59.2 cm³/mol. The summed E-state index contributed by atoms with van der Waals surface area (Å²) in [7, 11) is 0. The van der Waals surface area contributed by atoms with Crippen molar-refractivity contribution in [3.05, 3.63) is 41.0 Å². The van der Waals surface area contributed by atoms with Crippen molar-refractivity contribution in [3.8, 4) is 6.07 Å². The molecule has 0 aliphatic heterocycles. The highest BCUT2D eigenvalue weighted by Crippen LogP contribution is 2.18. The number of aliphatic carboxylic acids is 1. The highest BCUT2D eigenvalue weighted by atomic mass is 16.4. The second-order valence-electron chi connectivity index (χ2n) is 3.30. The van der Waals surface area contributed by atoms with Gasteiger partial charge in [-0.15, -0.1) is 0 Å². The van der Waals surface area contributed by atoms with Gasteiger partial charge in [-0.2, -0.15) is 5.26 Å². The molecule has 0 unspecified atom stereocenters. The van der Waals surface area contributed by atoms with Gasteiger partial charge in [0.05, 0.1) is 5.56 Å². The summed E-state index contributed by atoms with van der Waals surface area (Å²) in [6.07, 6.45) is 0. The van der Waals surface area contributed by atoms with Crippen LogP contribution in [-0.2, 0) is 4.79 Å². The standard InChI is InChI=1S/C12H9NO4/c1-7(10(6-13)12(16)17)8-2-4-9(5-3-8)11(14)15/h2-5H,1H3,(H,14,15)(H,16,17). The molecule has 0 heterocycles. The summed E-state index contributed by atoms with van der Waals surface area (Å²) in [5.74, 6) is -2.36. The van der Waals surface area contributed by atoms with Gasteiger partial charge in [-0.05, 0) is 30.2 Å². The van der Waals surface area contributed by atoms with Crippen LogP contribution in [0.1, 0.15) is 22.8 Å². The van der Waals surface area contributed by atoms with E-state index < -0.39 is 11.9 Å². The number of rotatable bonds is 3. The second kappa shape index (κ2) is 4.94. The van der Waals surface area contributed by atoms with Crippen LogP contribution in [0.25, 0.3) is 5.57 Å². The first kappa shape index (κ1) is 12.5. The molecule has 1 rings (SSSR count). The molecule has 0 aliphatic carbocycles. The molecule has 0 bridgehead atoms. The maximum absolute atomic E-state index is 10.7. The Hall–Kier alpha value is -2.61. The van der Waals surface area contributed by atoms with E-state index in [1.165, 1.54) is 31.2 Å². The first-order chi connectivity index (χ1) is 7.97. The van der Waals surface area contributed by atoms with Crippen LogP contribution in [-0.4, -0.2) is 22.2 Å². The first-order valence-electron chi connectivity index (χ1n) is 4.65. The molecular weight excluding hydrogens is 222 g/mol. The monoisotopic (exact) mass is 231 g/mol. The smallest absolute Gasteiger partial charge is 0.346 e. The number of carboxylic acid groups (broad SMARTS) is 2. The van der Waals surface area contributed by atoms with Gasteiger partial charge < -0.3 is 10.2 Å². The van der Waals surface area contributed by atoms with E-state index in [4.69, 9.17) is 15.5 Å². The van der Waals surface area contributed by atoms with Gasteiger partial charge in [0.25, 0.3) is 0 Å². The van der Waals surface area contributed by atoms with Gasteiger partial charge in [-0.3, -0.25) is 0 Å². The Balaban J connectivity index is 3.22. The molecule has 17 heavy (non-hydrogen) atoms. The Labute approximate surface area is 97.2 Å². The number of aromatic carboxylic acids is 1. The van der Waals surface area contributed by atoms with Crippen LogP contribution < -0.4 is 0 Å². The van der Waals surface area contributed by atoms with Crippen molar-refractivity contribution >= 4 is 17.5 Å². The van der Waals surface area contributed by atoms with Crippen molar-refractivity contribution in [2.24, 2.45) is 0 Å². The summed E-state index contributed by atoms with van der Waals surface area (Å²) >= 11 is 0. The fourth-order valence-electron chi connectivity index (χ4n) is 1.30. The number of carboxylic acids is 2. The molecule has 1 aromatic rings. The molecule has 0 spiro atoms. The third kappa shape index (κ3) is 2.69. The molecule has 86 valence electrons. The molecule has 0 amide bonds. The SMILES string of the molecule is CC(=C(C#N)C(=O)O)c1ccc(C(=O)O)cc1. The number of nitrogens with zero attached hydrogens (tertiary/aromatic N) is 1. The fraction of sp³-hybridized carbons (Fsp3) is 0.0833. The molecule has 0 aliphatic rings. The largest absolute Gasteiger partial charge is 0.478 e. The molecule has 5 nitrogen and oxygen atoms in total. The third-order valence-electron chi connectivity index (χ3n) is 2.27. The van der Waals surface area contributed by atoms with Crippen molar-refractivity contribution in [2.75, 3.05) is 0 Å². The lowest BCUT2D eigenvalue weighted by molar-refractivity contribution is -0.132. The average molecular weight is 231 g/mol. The number of benzene rings is 1. The minimum Gasteiger partial charge on any atom is -0.478 e. The molecule has 0 aromatic heterocycles. The summed E-state index contributed by atoms with van der Waals surface area (Å²) in [4.78, 5) is 21.4. The minimum atomic E-state index is -1.30. The van der Waals surface area contributed by atoms with Crippen LogP contribution in [0, 0.1) is 11.3 Å². The Morgan fingerprint density at radius 1 is 1.12 bits per heavy atom. The van der Waals surface area contributed by atoms with Gasteiger partial charge in [-0.1, -0.05) is 12.1 Å². The van der Waals surface area contributed by atoms with E-state index in [1.54, 1.807) is 6.07 Å². The third-order valence-corrected chi connectivity index (χ3v) is 2.27. The van der Waals surface area contributed by atoms with Gasteiger partial charge in [0, 0.05) is 0 Å². The topological polar surface area (TPSA) is 98.4 Å². The van der Waals surface area contributed by atoms with Gasteiger partial charge in [0.1, 0.15) is 11.6 Å². The predicted octanol–water partition coefficient (Wildman–Crippen LogP) is 1.77. The lowest BCUT2D eigenvalue weighted by Gasteiger charge is -2.03. The van der Waals surface area contributed by atoms with E-state index in [2.05, 4.69) is 0 Å². The van der Waals surface area contributed by atoms with Gasteiger partial charge in [0.2, 0.25) is 0 Å². The molecule has 0 saturated heterocycles. The highest BCUT2D eigenvalue weighted by molar-refractivity contribution is 6.00. The normalized spacial score (nSPS) is 11.3. The van der Waals surface area contributed by atoms with Crippen molar-refractivity contribution in [2.45, 2.75) is 6.92 Å². The molecule has 0 atom stereocenters. The molecule has 0 fully saturated rings. The van der Waals surface area contributed by atoms with E-state index in [9.17, 15) is 9.59 Å². The van der Waals surface area contributed by atoms with Crippen LogP contribution in [0.4, 0.5) is 0 Å². The van der Waals surface area contributed by atoms with Crippen LogP contribution in [0.5, 0.6) is 0 Å². The quantitative estimate of drug-likeness (QED) is 0.610. The lowest BCUT2D eigenvalue weighted by Crippen LogP contribution is -2.01. The molecular formula is C12H9NO4. The van der Waals surface area contributed by atoms with Crippen LogP contribution in [0.15, 0.2) is 29.8 Å². The molecule has 0 radical (unpaired) electrons. The van der Waals surface area contributed by atoms with E-state index in [0.29, 0.717) is 11.1 Å². The highest BCUT2D eigenvalue weighted by Gasteiger charge is 2.12. The number of carbonyl (C=O) groups is 2. The molecule has 1 aromatic carbocycles. The summed E-state index contributed by atoms with van der Waals surface area (Å²) in [5.41, 5.74) is 0.564. The fourth-order valence-corrected chi connectivity index (χ4v) is 1.30. The van der Waals surface area contributed by atoms with E-state index in [1.807, 2.05) is 0 Å². The van der Waals surface area contributed by atoms with Gasteiger partial charge >= 0.3 is 11.9 Å². The maximum Gasteiger partial charge on any atom is 0.346 e. The van der Waals surface area contributed by atoms with Crippen molar-refractivity contribution in [3.63, 3.8) is 0 Å². The average Bonchev–Trinajstić information content (AvgIpc) is 2.29. The van der Waals surface area contributed by atoms with Crippen molar-refractivity contribution in [1.82, 2.24) is 0 Å². The van der Waals surface area contributed by atoms with E-state index in [0.717, 1.165) is 0 Å². The zero-order chi connectivity index (χ0) is 13.0. The molecule has 2 N–H and O–H groups in total. The number of allylic oxidation sites excluding steroid dienone is 1. The first-order valence-corrected chi connectivity index (χ1v) is 4.65. The van der Waals surface area contributed by atoms with Crippen LogP contribution in [0.3, 0.4) is 0 Å². The van der Waals surface area contributed by atoms with Gasteiger partial charge in [0.15, 0.2) is 0 Å². The summed E-state index contributed by atoms with van der Waals surface area (Å²) in [6, 6.07) is 7.26. The van der Waals surface area contributed by atoms with Crippen LogP contribution >= 0.6 is 0 Å². The minimum absolute atomic E-state index is 0.107. The second-order valence-corrected chi connectivity index (χ2v) is 3.30. The maximum atomic E-state index is 10.7. The Kier molecular flexibility index (Phi) is 3.62. The Bertz CT molecular complexity index is 535. The zero-order valence-corrected chi connectivity index (χ0v) is 8.97. The Morgan fingerprint density at radius 2 is 1.59 bits per heavy atom. The van der Waals surface area contributed by atoms with Crippen molar-refractivity contribution in [1.29, 1.82) is 5.26 Å². The van der Waals surface area contributed by atoms with E-state index in [-0.39, 0.29) is 11.1 Å². The van der Waals surface area contributed by atoms with Crippen LogP contribution in [0.2, 0.25) is 0 Å². The summed E-state index contributed by atoms with van der Waals surface area (Å²) in [6.45, 7) is 1.50. The molecule has 0 saturated carbocycles. The van der Waals surface area contributed by atoms with E-state index >= 15 is 0 Å². The summed E-state index contributed by atoms with van der Waals surface area (Å²) < 4.78 is 0. The zero-order valence-electron chi connectivity index (χ0n) is 8.97. The summed E-state index contributed by atoms with van der Waals surface area (Å²) in [5, 5.41) is 26.2. The number of nitriles is 1. The number of hydrogen-bond donors (Lipinski definition) is 2. The van der Waals surface area contributed by atoms with Crippen molar-refractivity contribution < 1.29 is 19.8 Å². The molecule has 5 heteroatoms. The van der Waals surface area contributed by atoms with Gasteiger partial charge in [-0.25, -0.2) is 9.59 Å².